The smallest absolute Gasteiger partial charge is 0.145 e. The Morgan fingerprint density at radius 1 is 1.71 bits per heavy atom. The third-order valence-corrected chi connectivity index (χ3v) is 0.611. The van der Waals surface area contributed by atoms with E-state index in [-0.39, 0.29) is 0 Å². The Balaban J connectivity index is 2.77. The average molecular weight is 95.1 g/mol. The zero-order valence-electron chi connectivity index (χ0n) is 4.00. The van der Waals surface area contributed by atoms with Crippen molar-refractivity contribution in [3.8, 4) is 0 Å². The highest BCUT2D eigenvalue weighted by molar-refractivity contribution is 5.70. The van der Waals surface area contributed by atoms with Crippen LogP contribution < -0.4 is 0 Å². The number of nitrogens with zero attached hydrogens (tertiary/aromatic N) is 3. The fraction of sp³-hybridized carbons (Fsp3) is 0.250. The molecule has 3 nitrogen and oxygen atoms in total. The maximum atomic E-state index is 3.75. The Morgan fingerprint density at radius 3 is 2.86 bits per heavy atom. The Morgan fingerprint density at radius 2 is 2.57 bits per heavy atom. The van der Waals surface area contributed by atoms with Gasteiger partial charge in [0.1, 0.15) is 6.34 Å². The molecule has 0 aromatic carbocycles. The summed E-state index contributed by atoms with van der Waals surface area (Å²) >= 11 is 0. The zero-order chi connectivity index (χ0) is 5.11. The second-order valence-electron chi connectivity index (χ2n) is 1.19. The van der Waals surface area contributed by atoms with E-state index in [4.69, 9.17) is 0 Å². The predicted octanol–water partition coefficient (Wildman–Crippen LogP) is 0.0585. The number of hydrazone groups is 1. The lowest BCUT2D eigenvalue weighted by molar-refractivity contribution is 0.495. The van der Waals surface area contributed by atoms with Crippen LogP contribution in [0.1, 0.15) is 0 Å². The van der Waals surface area contributed by atoms with Crippen LogP contribution in [-0.2, 0) is 0 Å². The molecule has 0 unspecified atom stereocenters. The fourth-order valence-corrected chi connectivity index (χ4v) is 0.291. The van der Waals surface area contributed by atoms with Gasteiger partial charge in [-0.25, -0.2) is 0 Å². The van der Waals surface area contributed by atoms with Gasteiger partial charge < -0.3 is 0 Å². The van der Waals surface area contributed by atoms with Gasteiger partial charge in [0.2, 0.25) is 0 Å². The van der Waals surface area contributed by atoms with Gasteiger partial charge in [-0.15, -0.1) is 0 Å². The molecule has 0 aromatic heterocycles. The molecule has 0 radical (unpaired) electrons. The maximum Gasteiger partial charge on any atom is 0.145 e. The molecule has 0 aromatic rings. The van der Waals surface area contributed by atoms with Crippen LogP contribution >= 0.6 is 0 Å². The van der Waals surface area contributed by atoms with Crippen molar-refractivity contribution >= 4 is 12.2 Å². The van der Waals surface area contributed by atoms with E-state index in [0.29, 0.717) is 0 Å². The lowest BCUT2D eigenvalue weighted by atomic mass is 10.9. The van der Waals surface area contributed by atoms with Crippen LogP contribution in [-0.4, -0.2) is 24.3 Å². The normalized spacial score (nSPS) is 15.9. The topological polar surface area (TPSA) is 28.0 Å². The largest absolute Gasteiger partial charge is 0.265 e. The van der Waals surface area contributed by atoms with Crippen LogP contribution in [0, 0.1) is 0 Å². The fourth-order valence-electron chi connectivity index (χ4n) is 0.291. The lowest BCUT2D eigenvalue weighted by Gasteiger charge is -2.02. The molecule has 0 bridgehead atoms. The summed E-state index contributed by atoms with van der Waals surface area (Å²) in [5, 5.41) is 5.39. The molecule has 1 rings (SSSR count). The third-order valence-electron chi connectivity index (χ3n) is 0.611. The highest BCUT2D eigenvalue weighted by Crippen LogP contribution is 1.82. The van der Waals surface area contributed by atoms with Gasteiger partial charge in [-0.2, -0.15) is 10.1 Å². The van der Waals surface area contributed by atoms with Crippen molar-refractivity contribution in [3.63, 3.8) is 0 Å². The van der Waals surface area contributed by atoms with Crippen molar-refractivity contribution in [2.75, 3.05) is 7.05 Å². The van der Waals surface area contributed by atoms with Crippen LogP contribution in [0.15, 0.2) is 16.3 Å². The van der Waals surface area contributed by atoms with Crippen LogP contribution in [0.3, 0.4) is 0 Å². The highest BCUT2D eigenvalue weighted by atomic mass is 15.4. The molecular formula is C4H5N3. The Kier molecular flexibility index (Phi) is 0.922. The molecule has 0 fully saturated rings. The molecule has 0 aliphatic carbocycles. The molecule has 0 saturated carbocycles. The van der Waals surface area contributed by atoms with E-state index in [1.165, 1.54) is 6.34 Å². The summed E-state index contributed by atoms with van der Waals surface area (Å²) < 4.78 is 0. The second kappa shape index (κ2) is 1.58. The first-order chi connectivity index (χ1) is 3.39. The molecule has 0 amide bonds. The zero-order valence-corrected chi connectivity index (χ0v) is 4.00. The van der Waals surface area contributed by atoms with E-state index < -0.39 is 0 Å². The summed E-state index contributed by atoms with van der Waals surface area (Å²) in [6.45, 7) is 0. The first-order valence-electron chi connectivity index (χ1n) is 1.93. The molecule has 3 heteroatoms. The van der Waals surface area contributed by atoms with Gasteiger partial charge in [-0.3, -0.25) is 5.01 Å². The summed E-state index contributed by atoms with van der Waals surface area (Å²) in [6, 6.07) is 0. The van der Waals surface area contributed by atoms with Crippen LogP contribution in [0.4, 0.5) is 0 Å². The first-order valence-corrected chi connectivity index (χ1v) is 1.93. The molecule has 0 N–H and O–H groups in total. The van der Waals surface area contributed by atoms with E-state index in [9.17, 15) is 0 Å². The van der Waals surface area contributed by atoms with E-state index in [0.717, 1.165) is 0 Å². The van der Waals surface area contributed by atoms with Crippen molar-refractivity contribution < 1.29 is 0 Å². The van der Waals surface area contributed by atoms with Gasteiger partial charge in [0.05, 0.1) is 6.20 Å². The van der Waals surface area contributed by atoms with Gasteiger partial charge in [-0.1, -0.05) is 0 Å². The summed E-state index contributed by atoms with van der Waals surface area (Å²) in [4.78, 5) is 3.59. The Bertz CT molecular complexity index is 141. The Labute approximate surface area is 41.7 Å². The van der Waals surface area contributed by atoms with Crippen molar-refractivity contribution in [1.29, 1.82) is 0 Å². The van der Waals surface area contributed by atoms with Crippen molar-refractivity contribution in [3.05, 3.63) is 6.20 Å². The van der Waals surface area contributed by atoms with Gasteiger partial charge in [0.15, 0.2) is 0 Å². The van der Waals surface area contributed by atoms with Crippen molar-refractivity contribution in [2.24, 2.45) is 10.1 Å². The molecule has 36 valence electrons. The minimum atomic E-state index is 1.44. The highest BCUT2D eigenvalue weighted by Gasteiger charge is 1.81. The Hall–Kier alpha value is -1.08. The maximum absolute atomic E-state index is 3.75. The minimum Gasteiger partial charge on any atom is -0.265 e. The summed E-state index contributed by atoms with van der Waals surface area (Å²) in [5.74, 6) is 2.61. The molecule has 1 aliphatic heterocycles. The number of hydrogen-bond donors (Lipinski definition) is 0. The van der Waals surface area contributed by atoms with Crippen LogP contribution in [0.5, 0.6) is 0 Å². The van der Waals surface area contributed by atoms with Gasteiger partial charge in [0, 0.05) is 12.9 Å². The third kappa shape index (κ3) is 0.876. The van der Waals surface area contributed by atoms with Gasteiger partial charge >= 0.3 is 0 Å². The molecule has 0 spiro atoms. The quantitative estimate of drug-likeness (QED) is 0.418. The molecule has 1 aliphatic rings. The monoisotopic (exact) mass is 95.0 g/mol. The van der Waals surface area contributed by atoms with E-state index >= 15 is 0 Å². The molecular weight excluding hydrogens is 90.1 g/mol. The second-order valence-corrected chi connectivity index (χ2v) is 1.19. The first kappa shape index (κ1) is 4.09. The molecule has 7 heavy (non-hydrogen) atoms. The number of rotatable bonds is 0. The molecule has 0 saturated heterocycles. The molecule has 1 heterocycles. The van der Waals surface area contributed by atoms with Crippen LogP contribution in [0.25, 0.3) is 0 Å². The number of hydrogen-bond acceptors (Lipinski definition) is 3. The SMILES string of the molecule is CN1C=C=NC=N1. The van der Waals surface area contributed by atoms with Crippen molar-refractivity contribution in [1.82, 2.24) is 5.01 Å². The van der Waals surface area contributed by atoms with Crippen molar-refractivity contribution in [2.45, 2.75) is 0 Å². The average Bonchev–Trinajstić information content (AvgIpc) is 1.69. The van der Waals surface area contributed by atoms with Gasteiger partial charge in [-0.05, 0) is 0 Å². The minimum absolute atomic E-state index is 1.44. The lowest BCUT2D eigenvalue weighted by Crippen LogP contribution is -2.02. The summed E-state index contributed by atoms with van der Waals surface area (Å²) in [6.07, 6.45) is 3.10. The van der Waals surface area contributed by atoms with Gasteiger partial charge in [0.25, 0.3) is 0 Å². The standard InChI is InChI=1S/C4H5N3/c1-7-3-2-5-4-6-7/h3-4H,1H3. The summed E-state index contributed by atoms with van der Waals surface area (Å²) in [5.41, 5.74) is 0. The van der Waals surface area contributed by atoms with Crippen LogP contribution in [0.2, 0.25) is 0 Å². The predicted molar refractivity (Wildman–Crippen MR) is 28.3 cm³/mol. The number of aliphatic imine (C=N–C) groups is 1. The van der Waals surface area contributed by atoms with E-state index in [1.54, 1.807) is 11.2 Å². The summed E-state index contributed by atoms with van der Waals surface area (Å²) in [7, 11) is 1.82. The molecule has 0 atom stereocenters. The van der Waals surface area contributed by atoms with E-state index in [2.05, 4.69) is 16.0 Å². The van der Waals surface area contributed by atoms with E-state index in [1.807, 2.05) is 7.05 Å².